The van der Waals surface area contributed by atoms with Gasteiger partial charge in [0, 0.05) is 15.7 Å². The number of rotatable bonds is 6. The Morgan fingerprint density at radius 1 is 1.27 bits per heavy atom. The summed E-state index contributed by atoms with van der Waals surface area (Å²) in [6, 6.07) is 12.5. The molecule has 2 aromatic carbocycles. The van der Waals surface area contributed by atoms with E-state index in [1.165, 1.54) is 13.2 Å². The van der Waals surface area contributed by atoms with Crippen molar-refractivity contribution in [3.63, 3.8) is 0 Å². The summed E-state index contributed by atoms with van der Waals surface area (Å²) in [5.74, 6) is 0.745. The van der Waals surface area contributed by atoms with Crippen molar-refractivity contribution < 1.29 is 14.3 Å². The molecule has 0 saturated carbocycles. The smallest absolute Gasteiger partial charge is 0.266 e. The predicted molar refractivity (Wildman–Crippen MR) is 108 cm³/mol. The molecule has 0 fully saturated rings. The van der Waals surface area contributed by atoms with Crippen LogP contribution in [-0.4, -0.2) is 19.6 Å². The highest BCUT2D eigenvalue weighted by Crippen LogP contribution is 2.34. The van der Waals surface area contributed by atoms with Crippen LogP contribution < -0.4 is 14.8 Å². The molecule has 2 rings (SSSR count). The topological polar surface area (TPSA) is 71.3 Å². The Labute approximate surface area is 168 Å². The van der Waals surface area contributed by atoms with Gasteiger partial charge in [-0.2, -0.15) is 5.26 Å². The summed E-state index contributed by atoms with van der Waals surface area (Å²) in [6.45, 7) is 2.46. The van der Waals surface area contributed by atoms with Crippen molar-refractivity contribution in [1.82, 2.24) is 0 Å². The summed E-state index contributed by atoms with van der Waals surface area (Å²) in [5.41, 5.74) is 1.14. The van der Waals surface area contributed by atoms with Crippen molar-refractivity contribution in [3.05, 3.63) is 56.5 Å². The van der Waals surface area contributed by atoms with Crippen LogP contribution in [-0.2, 0) is 4.79 Å². The molecule has 0 saturated heterocycles. The molecule has 2 aromatic rings. The molecule has 0 aromatic heterocycles. The highest BCUT2D eigenvalue weighted by Gasteiger charge is 2.13. The van der Waals surface area contributed by atoms with Crippen LogP contribution in [0.4, 0.5) is 5.69 Å². The Morgan fingerprint density at radius 2 is 1.96 bits per heavy atom. The number of nitriles is 1. The summed E-state index contributed by atoms with van der Waals surface area (Å²) in [6.07, 6.45) is 1.48. The number of methoxy groups -OCH3 is 1. The average Bonchev–Trinajstić information content (AvgIpc) is 2.61. The number of benzene rings is 2. The van der Waals surface area contributed by atoms with Crippen molar-refractivity contribution in [3.8, 4) is 17.6 Å². The van der Waals surface area contributed by atoms with Gasteiger partial charge in [0.05, 0.1) is 18.2 Å². The molecule has 0 unspecified atom stereocenters. The van der Waals surface area contributed by atoms with Crippen molar-refractivity contribution in [2.75, 3.05) is 19.0 Å². The molecule has 0 radical (unpaired) electrons. The van der Waals surface area contributed by atoms with Gasteiger partial charge >= 0.3 is 0 Å². The molecule has 0 heterocycles. The summed E-state index contributed by atoms with van der Waals surface area (Å²) >= 11 is 6.79. The second-order valence-corrected chi connectivity index (χ2v) is 6.86. The summed E-state index contributed by atoms with van der Waals surface area (Å²) in [5, 5.41) is 12.1. The fraction of sp³-hybridized carbons (Fsp3) is 0.158. The number of hydrogen-bond donors (Lipinski definition) is 1. The second kappa shape index (κ2) is 9.41. The van der Waals surface area contributed by atoms with E-state index in [-0.39, 0.29) is 5.57 Å². The van der Waals surface area contributed by atoms with Crippen LogP contribution in [0.25, 0.3) is 6.08 Å². The maximum Gasteiger partial charge on any atom is 0.266 e. The zero-order chi connectivity index (χ0) is 19.1. The Morgan fingerprint density at radius 3 is 2.54 bits per heavy atom. The lowest BCUT2D eigenvalue weighted by atomic mass is 10.1. The molecule has 134 valence electrons. The van der Waals surface area contributed by atoms with Crippen LogP contribution in [0.5, 0.6) is 11.5 Å². The summed E-state index contributed by atoms with van der Waals surface area (Å²) in [4.78, 5) is 12.4. The lowest BCUT2D eigenvalue weighted by molar-refractivity contribution is -0.112. The molecule has 0 aliphatic rings. The van der Waals surface area contributed by atoms with Gasteiger partial charge in [-0.25, -0.2) is 0 Å². The molecular formula is C19H16Br2N2O3. The van der Waals surface area contributed by atoms with E-state index in [9.17, 15) is 10.1 Å². The number of carbonyl (C=O) groups excluding carboxylic acids is 1. The molecule has 1 amide bonds. The van der Waals surface area contributed by atoms with Crippen LogP contribution in [0.3, 0.4) is 0 Å². The molecular weight excluding hydrogens is 464 g/mol. The van der Waals surface area contributed by atoms with E-state index in [1.807, 2.05) is 19.1 Å². The predicted octanol–water partition coefficient (Wildman–Crippen LogP) is 5.16. The first-order valence-electron chi connectivity index (χ1n) is 7.67. The summed E-state index contributed by atoms with van der Waals surface area (Å²) in [7, 11) is 1.53. The molecule has 5 nitrogen and oxygen atoms in total. The molecule has 0 aliphatic carbocycles. The highest BCUT2D eigenvalue weighted by atomic mass is 79.9. The molecule has 0 atom stereocenters. The van der Waals surface area contributed by atoms with E-state index in [2.05, 4.69) is 37.2 Å². The standard InChI is InChI=1S/C19H16Br2N2O3/c1-3-26-16-6-4-15(5-7-16)23-19(24)13(11-22)8-12-9-14(20)10-17(21)18(12)25-2/h4-10H,3H2,1-2H3,(H,23,24)/b13-8+. The monoisotopic (exact) mass is 478 g/mol. The third-order valence-corrected chi connectivity index (χ3v) is 4.38. The molecule has 7 heteroatoms. The van der Waals surface area contributed by atoms with Gasteiger partial charge in [-0.3, -0.25) is 4.79 Å². The zero-order valence-electron chi connectivity index (χ0n) is 14.2. The van der Waals surface area contributed by atoms with Crippen molar-refractivity contribution >= 4 is 49.5 Å². The van der Waals surface area contributed by atoms with E-state index in [0.717, 1.165) is 4.47 Å². The van der Waals surface area contributed by atoms with Crippen LogP contribution >= 0.6 is 31.9 Å². The van der Waals surface area contributed by atoms with Crippen molar-refractivity contribution in [2.45, 2.75) is 6.92 Å². The minimum atomic E-state index is -0.505. The van der Waals surface area contributed by atoms with E-state index >= 15 is 0 Å². The Bertz CT molecular complexity index is 872. The Hall–Kier alpha value is -2.30. The van der Waals surface area contributed by atoms with Crippen LogP contribution in [0.15, 0.2) is 50.9 Å². The van der Waals surface area contributed by atoms with E-state index in [0.29, 0.717) is 33.8 Å². The first-order chi connectivity index (χ1) is 12.5. The highest BCUT2D eigenvalue weighted by molar-refractivity contribution is 9.11. The second-order valence-electron chi connectivity index (χ2n) is 5.09. The Kier molecular flexibility index (Phi) is 7.25. The fourth-order valence-electron chi connectivity index (χ4n) is 2.21. The molecule has 1 N–H and O–H groups in total. The molecule has 0 bridgehead atoms. The van der Waals surface area contributed by atoms with Crippen LogP contribution in [0, 0.1) is 11.3 Å². The number of ether oxygens (including phenoxy) is 2. The molecule has 0 spiro atoms. The van der Waals surface area contributed by atoms with Crippen molar-refractivity contribution in [2.24, 2.45) is 0 Å². The van der Waals surface area contributed by atoms with Gasteiger partial charge in [-0.05, 0) is 65.3 Å². The number of halogens is 2. The van der Waals surface area contributed by atoms with Gasteiger partial charge in [0.2, 0.25) is 0 Å². The SMILES string of the molecule is CCOc1ccc(NC(=O)/C(C#N)=C/c2cc(Br)cc(Br)c2OC)cc1. The summed E-state index contributed by atoms with van der Waals surface area (Å²) < 4.78 is 12.2. The zero-order valence-corrected chi connectivity index (χ0v) is 17.3. The number of nitrogens with one attached hydrogen (secondary N) is 1. The van der Waals surface area contributed by atoms with Crippen LogP contribution in [0.1, 0.15) is 12.5 Å². The third-order valence-electron chi connectivity index (χ3n) is 3.33. The number of nitrogens with zero attached hydrogens (tertiary/aromatic N) is 1. The first-order valence-corrected chi connectivity index (χ1v) is 9.26. The minimum Gasteiger partial charge on any atom is -0.495 e. The maximum absolute atomic E-state index is 12.4. The van der Waals surface area contributed by atoms with Crippen molar-refractivity contribution in [1.29, 1.82) is 5.26 Å². The lowest BCUT2D eigenvalue weighted by Gasteiger charge is -2.10. The Balaban J connectivity index is 2.26. The largest absolute Gasteiger partial charge is 0.495 e. The lowest BCUT2D eigenvalue weighted by Crippen LogP contribution is -2.13. The molecule has 26 heavy (non-hydrogen) atoms. The normalized spacial score (nSPS) is 10.8. The number of amides is 1. The number of anilines is 1. The fourth-order valence-corrected chi connectivity index (χ4v) is 3.63. The van der Waals surface area contributed by atoms with E-state index < -0.39 is 5.91 Å². The first kappa shape index (κ1) is 20.0. The van der Waals surface area contributed by atoms with Gasteiger partial charge in [0.1, 0.15) is 23.1 Å². The average molecular weight is 480 g/mol. The van der Waals surface area contributed by atoms with Gasteiger partial charge in [0.15, 0.2) is 0 Å². The minimum absolute atomic E-state index is 0.0396. The van der Waals surface area contributed by atoms with Crippen LogP contribution in [0.2, 0.25) is 0 Å². The third kappa shape index (κ3) is 5.10. The van der Waals surface area contributed by atoms with Gasteiger partial charge in [-0.15, -0.1) is 0 Å². The number of carbonyl (C=O) groups is 1. The maximum atomic E-state index is 12.4. The van der Waals surface area contributed by atoms with Gasteiger partial charge < -0.3 is 14.8 Å². The van der Waals surface area contributed by atoms with E-state index in [4.69, 9.17) is 9.47 Å². The molecule has 0 aliphatic heterocycles. The van der Waals surface area contributed by atoms with E-state index in [1.54, 1.807) is 30.3 Å². The van der Waals surface area contributed by atoms with Gasteiger partial charge in [0.25, 0.3) is 5.91 Å². The van der Waals surface area contributed by atoms with Gasteiger partial charge in [-0.1, -0.05) is 15.9 Å². The quantitative estimate of drug-likeness (QED) is 0.458. The number of hydrogen-bond acceptors (Lipinski definition) is 4.